The lowest BCUT2D eigenvalue weighted by molar-refractivity contribution is 0.102. The standard InChI is InChI=1S/C26H29N7O2S/c1-35-26-24(32-36-2)13-18(14-27-26)17-11-22(20-15-28-31-23(20)12-17)30-25(34)21-8-6-7-19(29-21)16-33-9-4-3-5-10-33/h6-8,11-15,32H,3-5,9-10,16H2,1-2H3,(H,28,31)(H,30,34). The molecule has 10 heteroatoms. The predicted molar refractivity (Wildman–Crippen MR) is 144 cm³/mol. The minimum Gasteiger partial charge on any atom is -0.480 e. The van der Waals surface area contributed by atoms with Crippen LogP contribution < -0.4 is 14.8 Å². The molecular weight excluding hydrogens is 474 g/mol. The number of likely N-dealkylation sites (tertiary alicyclic amines) is 1. The minimum atomic E-state index is -0.257. The molecule has 0 unspecified atom stereocenters. The first-order chi connectivity index (χ1) is 17.6. The number of nitrogens with one attached hydrogen (secondary N) is 3. The molecule has 1 aromatic carbocycles. The van der Waals surface area contributed by atoms with E-state index in [1.54, 1.807) is 25.6 Å². The fourth-order valence-electron chi connectivity index (χ4n) is 4.50. The Bertz CT molecular complexity index is 1370. The average Bonchev–Trinajstić information content (AvgIpc) is 3.39. The zero-order valence-corrected chi connectivity index (χ0v) is 21.2. The number of piperidine rings is 1. The van der Waals surface area contributed by atoms with Crippen LogP contribution in [0.5, 0.6) is 5.88 Å². The van der Waals surface area contributed by atoms with Crippen LogP contribution in [-0.4, -0.2) is 57.4 Å². The van der Waals surface area contributed by atoms with Gasteiger partial charge in [-0.2, -0.15) is 5.10 Å². The van der Waals surface area contributed by atoms with Crippen molar-refractivity contribution in [3.63, 3.8) is 0 Å². The number of pyridine rings is 2. The Hall–Kier alpha value is -3.63. The molecule has 3 aromatic heterocycles. The lowest BCUT2D eigenvalue weighted by Gasteiger charge is -2.26. The number of hydrogen-bond acceptors (Lipinski definition) is 8. The number of rotatable bonds is 8. The number of benzene rings is 1. The lowest BCUT2D eigenvalue weighted by atomic mass is 10.0. The number of methoxy groups -OCH3 is 1. The van der Waals surface area contributed by atoms with Crippen molar-refractivity contribution in [1.82, 2.24) is 25.1 Å². The Labute approximate surface area is 214 Å². The van der Waals surface area contributed by atoms with Gasteiger partial charge in [0.2, 0.25) is 5.88 Å². The number of amides is 1. The largest absolute Gasteiger partial charge is 0.480 e. The van der Waals surface area contributed by atoms with E-state index in [1.165, 1.54) is 31.2 Å². The number of fused-ring (bicyclic) bond motifs is 1. The van der Waals surface area contributed by atoms with Crippen molar-refractivity contribution in [2.45, 2.75) is 25.8 Å². The Kier molecular flexibility index (Phi) is 7.33. The SMILES string of the molecule is COc1ncc(-c2cc(NC(=O)c3cccc(CN4CCCCC4)n3)c3cn[nH]c3c2)cc1NSC. The van der Waals surface area contributed by atoms with Gasteiger partial charge >= 0.3 is 0 Å². The molecule has 9 nitrogen and oxygen atoms in total. The molecule has 0 atom stereocenters. The molecular formula is C26H29N7O2S. The van der Waals surface area contributed by atoms with E-state index in [2.05, 4.69) is 35.1 Å². The number of carbonyl (C=O) groups is 1. The second kappa shape index (κ2) is 11.0. The molecule has 1 amide bonds. The van der Waals surface area contributed by atoms with Gasteiger partial charge in [0, 0.05) is 29.9 Å². The van der Waals surface area contributed by atoms with Gasteiger partial charge in [0.15, 0.2) is 0 Å². The van der Waals surface area contributed by atoms with Crippen LogP contribution in [0.4, 0.5) is 11.4 Å². The van der Waals surface area contributed by atoms with Gasteiger partial charge < -0.3 is 14.8 Å². The second-order valence-corrected chi connectivity index (χ2v) is 9.36. The molecule has 1 saturated heterocycles. The molecule has 0 bridgehead atoms. The van der Waals surface area contributed by atoms with Gasteiger partial charge in [-0.25, -0.2) is 9.97 Å². The van der Waals surface area contributed by atoms with E-state index in [0.29, 0.717) is 17.3 Å². The number of aromatic amines is 1. The summed E-state index contributed by atoms with van der Waals surface area (Å²) < 4.78 is 8.56. The molecule has 3 N–H and O–H groups in total. The van der Waals surface area contributed by atoms with E-state index < -0.39 is 0 Å². The highest BCUT2D eigenvalue weighted by molar-refractivity contribution is 7.99. The van der Waals surface area contributed by atoms with Crippen molar-refractivity contribution >= 4 is 40.1 Å². The van der Waals surface area contributed by atoms with Crippen molar-refractivity contribution in [2.75, 3.05) is 36.5 Å². The van der Waals surface area contributed by atoms with Crippen molar-refractivity contribution in [2.24, 2.45) is 0 Å². The van der Waals surface area contributed by atoms with Crippen LogP contribution in [0.3, 0.4) is 0 Å². The third-order valence-electron chi connectivity index (χ3n) is 6.27. The fourth-order valence-corrected chi connectivity index (χ4v) is 4.87. The van der Waals surface area contributed by atoms with Crippen LogP contribution in [0.25, 0.3) is 22.0 Å². The fraction of sp³-hybridized carbons (Fsp3) is 0.308. The van der Waals surface area contributed by atoms with Gasteiger partial charge in [-0.05, 0) is 61.8 Å². The maximum Gasteiger partial charge on any atom is 0.274 e. The topological polar surface area (TPSA) is 108 Å². The van der Waals surface area contributed by atoms with E-state index in [4.69, 9.17) is 4.74 Å². The molecule has 0 aliphatic carbocycles. The molecule has 1 aliphatic rings. The number of nitrogens with zero attached hydrogens (tertiary/aromatic N) is 4. The van der Waals surface area contributed by atoms with Gasteiger partial charge in [0.1, 0.15) is 11.4 Å². The summed E-state index contributed by atoms with van der Waals surface area (Å²) in [6, 6.07) is 11.5. The Balaban J connectivity index is 1.42. The number of anilines is 2. The molecule has 0 radical (unpaired) electrons. The van der Waals surface area contributed by atoms with Crippen LogP contribution in [-0.2, 0) is 6.54 Å². The van der Waals surface area contributed by atoms with Crippen molar-refractivity contribution in [3.05, 3.63) is 60.2 Å². The van der Waals surface area contributed by atoms with E-state index in [9.17, 15) is 4.79 Å². The van der Waals surface area contributed by atoms with Crippen LogP contribution in [0.15, 0.2) is 48.8 Å². The van der Waals surface area contributed by atoms with Gasteiger partial charge in [0.25, 0.3) is 5.91 Å². The Morgan fingerprint density at radius 2 is 1.94 bits per heavy atom. The molecule has 1 aliphatic heterocycles. The zero-order valence-electron chi connectivity index (χ0n) is 20.4. The van der Waals surface area contributed by atoms with Crippen LogP contribution in [0.1, 0.15) is 35.4 Å². The number of carbonyl (C=O) groups excluding carboxylic acids is 1. The van der Waals surface area contributed by atoms with E-state index in [0.717, 1.165) is 53.0 Å². The molecule has 4 aromatic rings. The lowest BCUT2D eigenvalue weighted by Crippen LogP contribution is -2.29. The van der Waals surface area contributed by atoms with E-state index in [1.807, 2.05) is 36.6 Å². The maximum absolute atomic E-state index is 13.2. The van der Waals surface area contributed by atoms with Crippen molar-refractivity contribution < 1.29 is 9.53 Å². The quantitative estimate of drug-likeness (QED) is 0.290. The van der Waals surface area contributed by atoms with Gasteiger partial charge in [0.05, 0.1) is 30.2 Å². The predicted octanol–water partition coefficient (Wildman–Crippen LogP) is 4.96. The smallest absolute Gasteiger partial charge is 0.274 e. The van der Waals surface area contributed by atoms with Gasteiger partial charge in [-0.1, -0.05) is 24.4 Å². The third-order valence-corrected chi connectivity index (χ3v) is 6.69. The van der Waals surface area contributed by atoms with E-state index >= 15 is 0 Å². The van der Waals surface area contributed by atoms with Crippen LogP contribution >= 0.6 is 11.9 Å². The first kappa shape index (κ1) is 24.1. The molecule has 1 fully saturated rings. The summed E-state index contributed by atoms with van der Waals surface area (Å²) in [6.45, 7) is 2.93. The second-order valence-electron chi connectivity index (χ2n) is 8.75. The summed E-state index contributed by atoms with van der Waals surface area (Å²) >= 11 is 1.46. The third kappa shape index (κ3) is 5.29. The number of aromatic nitrogens is 4. The Morgan fingerprint density at radius 3 is 2.75 bits per heavy atom. The zero-order chi connectivity index (χ0) is 24.9. The Morgan fingerprint density at radius 1 is 1.11 bits per heavy atom. The molecule has 5 rings (SSSR count). The highest BCUT2D eigenvalue weighted by Gasteiger charge is 2.16. The maximum atomic E-state index is 13.2. The van der Waals surface area contributed by atoms with Gasteiger partial charge in [-0.15, -0.1) is 0 Å². The number of hydrogen-bond donors (Lipinski definition) is 3. The number of ether oxygens (including phenoxy) is 1. The highest BCUT2D eigenvalue weighted by Crippen LogP contribution is 2.34. The minimum absolute atomic E-state index is 0.257. The summed E-state index contributed by atoms with van der Waals surface area (Å²) in [5.41, 5.74) is 5.29. The molecule has 4 heterocycles. The van der Waals surface area contributed by atoms with Crippen molar-refractivity contribution in [3.8, 4) is 17.0 Å². The summed E-state index contributed by atoms with van der Waals surface area (Å²) in [5.74, 6) is 0.257. The summed E-state index contributed by atoms with van der Waals surface area (Å²) in [6.07, 6.45) is 9.12. The van der Waals surface area contributed by atoms with Crippen LogP contribution in [0, 0.1) is 0 Å². The highest BCUT2D eigenvalue weighted by atomic mass is 32.2. The first-order valence-electron chi connectivity index (χ1n) is 11.9. The number of H-pyrrole nitrogens is 1. The monoisotopic (exact) mass is 503 g/mol. The van der Waals surface area contributed by atoms with Crippen LogP contribution in [0.2, 0.25) is 0 Å². The molecule has 36 heavy (non-hydrogen) atoms. The van der Waals surface area contributed by atoms with Crippen molar-refractivity contribution in [1.29, 1.82) is 0 Å². The van der Waals surface area contributed by atoms with E-state index in [-0.39, 0.29) is 5.91 Å². The molecule has 0 spiro atoms. The molecule has 0 saturated carbocycles. The normalized spacial score (nSPS) is 14.1. The summed E-state index contributed by atoms with van der Waals surface area (Å²) in [4.78, 5) is 24.7. The summed E-state index contributed by atoms with van der Waals surface area (Å²) in [5, 5.41) is 11.1. The average molecular weight is 504 g/mol. The first-order valence-corrected chi connectivity index (χ1v) is 13.2. The summed E-state index contributed by atoms with van der Waals surface area (Å²) in [7, 11) is 1.59. The van der Waals surface area contributed by atoms with Gasteiger partial charge in [-0.3, -0.25) is 14.8 Å². The molecule has 186 valence electrons.